The highest BCUT2D eigenvalue weighted by atomic mass is 19.4. The number of aliphatic carboxylic acids is 1. The second kappa shape index (κ2) is 7.35. The molecule has 2 atom stereocenters. The fourth-order valence-electron chi connectivity index (χ4n) is 2.88. The highest BCUT2D eigenvalue weighted by Crippen LogP contribution is 2.38. The predicted molar refractivity (Wildman–Crippen MR) is 85.7 cm³/mol. The normalized spacial score (nSPS) is 20.1. The lowest BCUT2D eigenvalue weighted by Crippen LogP contribution is -2.34. The predicted octanol–water partition coefficient (Wildman–Crippen LogP) is 2.11. The minimum absolute atomic E-state index is 0.0484. The number of hydrogen-bond donors (Lipinski definition) is 1. The van der Waals surface area contributed by atoms with Crippen LogP contribution in [0.15, 0.2) is 24.3 Å². The van der Waals surface area contributed by atoms with Gasteiger partial charge in [0.15, 0.2) is 0 Å². The van der Waals surface area contributed by atoms with Crippen LogP contribution in [-0.4, -0.2) is 65.5 Å². The summed E-state index contributed by atoms with van der Waals surface area (Å²) in [5.74, 6) is -6.44. The van der Waals surface area contributed by atoms with Crippen LogP contribution in [0.4, 0.5) is 13.2 Å². The van der Waals surface area contributed by atoms with Crippen molar-refractivity contribution < 1.29 is 32.7 Å². The van der Waals surface area contributed by atoms with E-state index in [4.69, 9.17) is 5.11 Å². The monoisotopic (exact) mass is 372 g/mol. The Labute approximate surface area is 148 Å². The maximum absolute atomic E-state index is 13.1. The van der Waals surface area contributed by atoms with Crippen LogP contribution in [0.2, 0.25) is 0 Å². The van der Waals surface area contributed by atoms with Crippen LogP contribution in [0, 0.1) is 11.8 Å². The average Bonchev–Trinajstić information content (AvgIpc) is 3.06. The van der Waals surface area contributed by atoms with Crippen LogP contribution in [0.1, 0.15) is 27.6 Å². The molecule has 1 aromatic rings. The third-order valence-electron chi connectivity index (χ3n) is 4.52. The van der Waals surface area contributed by atoms with E-state index >= 15 is 0 Å². The van der Waals surface area contributed by atoms with E-state index in [9.17, 15) is 27.6 Å². The molecule has 9 heteroatoms. The first-order valence-electron chi connectivity index (χ1n) is 8.00. The van der Waals surface area contributed by atoms with Crippen molar-refractivity contribution in [3.63, 3.8) is 0 Å². The SMILES string of the molecule is CCN(C)C(=O)c1cccc(C(=O)N2C[C@@H](C(F)(F)F)[C@H](C(=O)O)C2)c1. The molecule has 0 spiro atoms. The van der Waals surface area contributed by atoms with Crippen molar-refractivity contribution in [2.45, 2.75) is 13.1 Å². The Bertz CT molecular complexity index is 720. The van der Waals surface area contributed by atoms with Crippen LogP contribution < -0.4 is 0 Å². The Hall–Kier alpha value is -2.58. The molecule has 26 heavy (non-hydrogen) atoms. The van der Waals surface area contributed by atoms with Crippen molar-refractivity contribution in [3.05, 3.63) is 35.4 Å². The molecule has 1 N–H and O–H groups in total. The van der Waals surface area contributed by atoms with Gasteiger partial charge in [0.25, 0.3) is 11.8 Å². The molecule has 0 bridgehead atoms. The highest BCUT2D eigenvalue weighted by Gasteiger charge is 2.53. The van der Waals surface area contributed by atoms with E-state index in [0.717, 1.165) is 4.90 Å². The van der Waals surface area contributed by atoms with E-state index in [0.29, 0.717) is 6.54 Å². The summed E-state index contributed by atoms with van der Waals surface area (Å²) in [6, 6.07) is 5.68. The zero-order chi connectivity index (χ0) is 19.6. The molecule has 1 aliphatic heterocycles. The van der Waals surface area contributed by atoms with Crippen LogP contribution in [0.5, 0.6) is 0 Å². The molecule has 0 aliphatic carbocycles. The zero-order valence-electron chi connectivity index (χ0n) is 14.3. The van der Waals surface area contributed by atoms with Crippen molar-refractivity contribution in [3.8, 4) is 0 Å². The van der Waals surface area contributed by atoms with Crippen LogP contribution in [-0.2, 0) is 4.79 Å². The number of rotatable bonds is 4. The maximum Gasteiger partial charge on any atom is 0.394 e. The van der Waals surface area contributed by atoms with E-state index in [1.165, 1.54) is 29.2 Å². The van der Waals surface area contributed by atoms with Crippen molar-refractivity contribution in [1.29, 1.82) is 0 Å². The van der Waals surface area contributed by atoms with E-state index < -0.39 is 43.0 Å². The second-order valence-electron chi connectivity index (χ2n) is 6.20. The molecule has 2 amide bonds. The van der Waals surface area contributed by atoms with E-state index in [2.05, 4.69) is 0 Å². The Morgan fingerprint density at radius 1 is 1.23 bits per heavy atom. The molecule has 2 rings (SSSR count). The summed E-state index contributed by atoms with van der Waals surface area (Å²) in [6.45, 7) is 0.995. The number of alkyl halides is 3. The van der Waals surface area contributed by atoms with E-state index in [1.54, 1.807) is 14.0 Å². The van der Waals surface area contributed by atoms with Gasteiger partial charge in [-0.2, -0.15) is 13.2 Å². The van der Waals surface area contributed by atoms with Crippen molar-refractivity contribution in [1.82, 2.24) is 9.80 Å². The van der Waals surface area contributed by atoms with Crippen molar-refractivity contribution >= 4 is 17.8 Å². The quantitative estimate of drug-likeness (QED) is 0.878. The van der Waals surface area contributed by atoms with Gasteiger partial charge in [-0.25, -0.2) is 0 Å². The van der Waals surface area contributed by atoms with Gasteiger partial charge in [-0.3, -0.25) is 14.4 Å². The molecule has 1 fully saturated rings. The molecule has 1 saturated heterocycles. The summed E-state index contributed by atoms with van der Waals surface area (Å²) in [7, 11) is 1.59. The van der Waals surface area contributed by atoms with Gasteiger partial charge in [0.2, 0.25) is 0 Å². The third-order valence-corrected chi connectivity index (χ3v) is 4.52. The molecule has 0 radical (unpaired) electrons. The first kappa shape index (κ1) is 19.7. The standard InChI is InChI=1S/C17H19F3N2O4/c1-3-21(2)14(23)10-5-4-6-11(7-10)15(24)22-8-12(16(25)26)13(9-22)17(18,19)20/h4-7,12-13H,3,8-9H2,1-2H3,(H,25,26)/t12-,13-/m1/s1. The Morgan fingerprint density at radius 3 is 2.35 bits per heavy atom. The summed E-state index contributed by atoms with van der Waals surface area (Å²) in [5.41, 5.74) is 0.286. The van der Waals surface area contributed by atoms with Crippen LogP contribution in [0.3, 0.4) is 0 Å². The molecule has 1 aliphatic rings. The molecular weight excluding hydrogens is 353 g/mol. The maximum atomic E-state index is 13.1. The van der Waals surface area contributed by atoms with Crippen LogP contribution in [0.25, 0.3) is 0 Å². The second-order valence-corrected chi connectivity index (χ2v) is 6.20. The van der Waals surface area contributed by atoms with Crippen LogP contribution >= 0.6 is 0 Å². The van der Waals surface area contributed by atoms with Gasteiger partial charge in [-0.1, -0.05) is 6.07 Å². The number of carboxylic acid groups (broad SMARTS) is 1. The molecule has 142 valence electrons. The molecule has 0 saturated carbocycles. The fraction of sp³-hybridized carbons (Fsp3) is 0.471. The minimum Gasteiger partial charge on any atom is -0.481 e. The minimum atomic E-state index is -4.71. The molecule has 6 nitrogen and oxygen atoms in total. The summed E-state index contributed by atoms with van der Waals surface area (Å²) in [4.78, 5) is 38.1. The number of benzene rings is 1. The fourth-order valence-corrected chi connectivity index (χ4v) is 2.88. The summed E-state index contributed by atoms with van der Waals surface area (Å²) in [5, 5.41) is 9.03. The van der Waals surface area contributed by atoms with E-state index in [1.807, 2.05) is 0 Å². The highest BCUT2D eigenvalue weighted by molar-refractivity contribution is 5.99. The lowest BCUT2D eigenvalue weighted by molar-refractivity contribution is -0.187. The van der Waals surface area contributed by atoms with Gasteiger partial charge in [-0.05, 0) is 25.1 Å². The largest absolute Gasteiger partial charge is 0.481 e. The molecule has 0 aromatic heterocycles. The lowest BCUT2D eigenvalue weighted by atomic mass is 9.96. The number of nitrogens with zero attached hydrogens (tertiary/aromatic N) is 2. The van der Waals surface area contributed by atoms with Gasteiger partial charge in [0.05, 0.1) is 11.8 Å². The van der Waals surface area contributed by atoms with Gasteiger partial charge in [0, 0.05) is 37.8 Å². The summed E-state index contributed by atoms with van der Waals surface area (Å²) >= 11 is 0. The first-order chi connectivity index (χ1) is 12.1. The topological polar surface area (TPSA) is 77.9 Å². The molecule has 0 unspecified atom stereocenters. The molecule has 1 aromatic carbocycles. The summed E-state index contributed by atoms with van der Waals surface area (Å²) < 4.78 is 39.2. The number of hydrogen-bond acceptors (Lipinski definition) is 3. The number of carbonyl (C=O) groups excluding carboxylic acids is 2. The number of amides is 2. The van der Waals surface area contributed by atoms with Gasteiger partial charge in [-0.15, -0.1) is 0 Å². The number of likely N-dealkylation sites (tertiary alicyclic amines) is 1. The first-order valence-corrected chi connectivity index (χ1v) is 8.00. The average molecular weight is 372 g/mol. The third kappa shape index (κ3) is 3.97. The van der Waals surface area contributed by atoms with E-state index in [-0.39, 0.29) is 17.0 Å². The number of carboxylic acids is 1. The van der Waals surface area contributed by atoms with Gasteiger partial charge < -0.3 is 14.9 Å². The Kier molecular flexibility index (Phi) is 5.58. The zero-order valence-corrected chi connectivity index (χ0v) is 14.3. The molecule has 1 heterocycles. The van der Waals surface area contributed by atoms with Gasteiger partial charge in [0.1, 0.15) is 0 Å². The number of halogens is 3. The smallest absolute Gasteiger partial charge is 0.394 e. The van der Waals surface area contributed by atoms with Gasteiger partial charge >= 0.3 is 12.1 Å². The Morgan fingerprint density at radius 2 is 1.85 bits per heavy atom. The Balaban J connectivity index is 2.24. The summed E-state index contributed by atoms with van der Waals surface area (Å²) in [6.07, 6.45) is -4.71. The lowest BCUT2D eigenvalue weighted by Gasteiger charge is -2.19. The molecular formula is C17H19F3N2O4. The van der Waals surface area contributed by atoms with Crippen molar-refractivity contribution in [2.75, 3.05) is 26.7 Å². The van der Waals surface area contributed by atoms with Crippen molar-refractivity contribution in [2.24, 2.45) is 11.8 Å². The number of carbonyl (C=O) groups is 3.